The molecule has 0 radical (unpaired) electrons. The Morgan fingerprint density at radius 1 is 1.29 bits per heavy atom. The van der Waals surface area contributed by atoms with Gasteiger partial charge in [-0.2, -0.15) is 0 Å². The number of hydrogen-bond donors (Lipinski definition) is 1. The standard InChI is InChI=1S/C22H29N3O3/c1-17-3-7-19(8-4-17)24-22(26)10-6-18-5-9-20(21(15-18)27-2)28-14-13-25-12-11-23-16-25/h5-6,9-12,15-17,19H,3-4,7-8,13-14H2,1-2H3,(H,24,26)/b10-6+. The largest absolute Gasteiger partial charge is 0.493 e. The van der Waals surface area contributed by atoms with Crippen molar-refractivity contribution in [3.63, 3.8) is 0 Å². The first-order chi connectivity index (χ1) is 13.6. The fourth-order valence-corrected chi connectivity index (χ4v) is 3.41. The van der Waals surface area contributed by atoms with E-state index in [1.54, 1.807) is 31.8 Å². The molecule has 1 heterocycles. The van der Waals surface area contributed by atoms with Crippen molar-refractivity contribution in [3.8, 4) is 11.5 Å². The summed E-state index contributed by atoms with van der Waals surface area (Å²) in [7, 11) is 1.61. The van der Waals surface area contributed by atoms with Crippen LogP contribution in [0, 0.1) is 5.92 Å². The first-order valence-corrected chi connectivity index (χ1v) is 9.89. The number of benzene rings is 1. The number of carbonyl (C=O) groups excluding carboxylic acids is 1. The van der Waals surface area contributed by atoms with Crippen LogP contribution < -0.4 is 14.8 Å². The summed E-state index contributed by atoms with van der Waals surface area (Å²) in [5.74, 6) is 2.06. The van der Waals surface area contributed by atoms with E-state index in [0.29, 0.717) is 30.7 Å². The predicted molar refractivity (Wildman–Crippen MR) is 109 cm³/mol. The van der Waals surface area contributed by atoms with E-state index in [1.807, 2.05) is 29.0 Å². The molecule has 6 heteroatoms. The van der Waals surface area contributed by atoms with E-state index in [-0.39, 0.29) is 5.91 Å². The van der Waals surface area contributed by atoms with Gasteiger partial charge in [-0.1, -0.05) is 13.0 Å². The third-order valence-electron chi connectivity index (χ3n) is 5.14. The summed E-state index contributed by atoms with van der Waals surface area (Å²) in [4.78, 5) is 16.2. The van der Waals surface area contributed by atoms with Gasteiger partial charge in [-0.3, -0.25) is 4.79 Å². The molecule has 0 aliphatic heterocycles. The molecule has 1 saturated carbocycles. The highest BCUT2D eigenvalue weighted by molar-refractivity contribution is 5.92. The number of aromatic nitrogens is 2. The molecule has 0 saturated heterocycles. The third kappa shape index (κ3) is 5.87. The van der Waals surface area contributed by atoms with Gasteiger partial charge in [0.05, 0.1) is 20.0 Å². The number of imidazole rings is 1. The third-order valence-corrected chi connectivity index (χ3v) is 5.14. The van der Waals surface area contributed by atoms with E-state index in [1.165, 1.54) is 12.8 Å². The van der Waals surface area contributed by atoms with E-state index in [0.717, 1.165) is 24.3 Å². The van der Waals surface area contributed by atoms with Crippen molar-refractivity contribution < 1.29 is 14.3 Å². The van der Waals surface area contributed by atoms with Crippen LogP contribution in [0.1, 0.15) is 38.2 Å². The number of methoxy groups -OCH3 is 1. The molecule has 0 bridgehead atoms. The molecule has 1 aliphatic rings. The molecule has 2 aromatic rings. The summed E-state index contributed by atoms with van der Waals surface area (Å²) < 4.78 is 13.2. The minimum Gasteiger partial charge on any atom is -0.493 e. The number of nitrogens with zero attached hydrogens (tertiary/aromatic N) is 2. The zero-order valence-electron chi connectivity index (χ0n) is 16.6. The molecule has 1 aromatic heterocycles. The van der Waals surface area contributed by atoms with Crippen LogP contribution in [-0.2, 0) is 11.3 Å². The maximum Gasteiger partial charge on any atom is 0.244 e. The van der Waals surface area contributed by atoms with Gasteiger partial charge in [-0.05, 0) is 55.4 Å². The van der Waals surface area contributed by atoms with Crippen LogP contribution in [0.25, 0.3) is 6.08 Å². The molecule has 6 nitrogen and oxygen atoms in total. The van der Waals surface area contributed by atoms with E-state index < -0.39 is 0 Å². The Balaban J connectivity index is 1.52. The van der Waals surface area contributed by atoms with E-state index >= 15 is 0 Å². The number of hydrogen-bond acceptors (Lipinski definition) is 4. The summed E-state index contributed by atoms with van der Waals surface area (Å²) in [6.07, 6.45) is 13.3. The highest BCUT2D eigenvalue weighted by Crippen LogP contribution is 2.28. The number of nitrogens with one attached hydrogen (secondary N) is 1. The van der Waals surface area contributed by atoms with Gasteiger partial charge in [0.1, 0.15) is 6.61 Å². The maximum absolute atomic E-state index is 12.2. The zero-order valence-corrected chi connectivity index (χ0v) is 16.6. The Hall–Kier alpha value is -2.76. The maximum atomic E-state index is 12.2. The van der Waals surface area contributed by atoms with Gasteiger partial charge in [0.2, 0.25) is 5.91 Å². The van der Waals surface area contributed by atoms with Crippen LogP contribution in [0.15, 0.2) is 43.0 Å². The molecule has 1 N–H and O–H groups in total. The van der Waals surface area contributed by atoms with E-state index in [2.05, 4.69) is 17.2 Å². The second-order valence-electron chi connectivity index (χ2n) is 7.36. The number of rotatable bonds is 8. The highest BCUT2D eigenvalue weighted by Gasteiger charge is 2.18. The molecular weight excluding hydrogens is 354 g/mol. The number of ether oxygens (including phenoxy) is 2. The van der Waals surface area contributed by atoms with Crippen molar-refractivity contribution >= 4 is 12.0 Å². The number of carbonyl (C=O) groups is 1. The van der Waals surface area contributed by atoms with Gasteiger partial charge in [-0.25, -0.2) is 4.98 Å². The minimum atomic E-state index is -0.0424. The van der Waals surface area contributed by atoms with Crippen molar-refractivity contribution in [2.24, 2.45) is 5.92 Å². The topological polar surface area (TPSA) is 65.4 Å². The fraction of sp³-hybridized carbons (Fsp3) is 0.455. The van der Waals surface area contributed by atoms with Crippen molar-refractivity contribution in [1.82, 2.24) is 14.9 Å². The van der Waals surface area contributed by atoms with Crippen LogP contribution in [0.2, 0.25) is 0 Å². The molecule has 1 amide bonds. The summed E-state index contributed by atoms with van der Waals surface area (Å²) in [6.45, 7) is 3.51. The smallest absolute Gasteiger partial charge is 0.244 e. The van der Waals surface area contributed by atoms with Gasteiger partial charge < -0.3 is 19.4 Å². The van der Waals surface area contributed by atoms with Crippen molar-refractivity contribution in [1.29, 1.82) is 0 Å². The molecule has 1 aromatic carbocycles. The number of amides is 1. The average molecular weight is 383 g/mol. The Labute approximate surface area is 166 Å². The van der Waals surface area contributed by atoms with Crippen molar-refractivity contribution in [3.05, 3.63) is 48.6 Å². The molecule has 0 spiro atoms. The molecule has 3 rings (SSSR count). The van der Waals surface area contributed by atoms with Crippen molar-refractivity contribution in [2.75, 3.05) is 13.7 Å². The van der Waals surface area contributed by atoms with Crippen LogP contribution in [0.4, 0.5) is 0 Å². The molecular formula is C22H29N3O3. The first kappa shape index (κ1) is 20.0. The van der Waals surface area contributed by atoms with Gasteiger partial charge in [-0.15, -0.1) is 0 Å². The molecule has 0 unspecified atom stereocenters. The molecule has 150 valence electrons. The highest BCUT2D eigenvalue weighted by atomic mass is 16.5. The normalized spacial score (nSPS) is 19.5. The summed E-state index contributed by atoms with van der Waals surface area (Å²) in [5, 5.41) is 3.10. The summed E-state index contributed by atoms with van der Waals surface area (Å²) in [5.41, 5.74) is 0.895. The van der Waals surface area contributed by atoms with E-state index in [9.17, 15) is 4.79 Å². The minimum absolute atomic E-state index is 0.0424. The Morgan fingerprint density at radius 3 is 2.82 bits per heavy atom. The Morgan fingerprint density at radius 2 is 2.11 bits per heavy atom. The molecule has 1 aliphatic carbocycles. The Bertz CT molecular complexity index is 778. The first-order valence-electron chi connectivity index (χ1n) is 9.89. The van der Waals surface area contributed by atoms with Crippen LogP contribution in [0.3, 0.4) is 0 Å². The SMILES string of the molecule is COc1cc(/C=C/C(=O)NC2CCC(C)CC2)ccc1OCCn1ccnc1. The van der Waals surface area contributed by atoms with Gasteiger partial charge in [0.15, 0.2) is 11.5 Å². The van der Waals surface area contributed by atoms with Crippen LogP contribution in [0.5, 0.6) is 11.5 Å². The predicted octanol–water partition coefficient (Wildman–Crippen LogP) is 3.68. The molecule has 0 atom stereocenters. The molecule has 28 heavy (non-hydrogen) atoms. The lowest BCUT2D eigenvalue weighted by atomic mass is 9.87. The lowest BCUT2D eigenvalue weighted by Crippen LogP contribution is -2.36. The Kier molecular flexibility index (Phi) is 7.12. The zero-order chi connectivity index (χ0) is 19.8. The lowest BCUT2D eigenvalue weighted by Gasteiger charge is -2.26. The second-order valence-corrected chi connectivity index (χ2v) is 7.36. The monoisotopic (exact) mass is 383 g/mol. The quantitative estimate of drug-likeness (QED) is 0.706. The van der Waals surface area contributed by atoms with Gasteiger partial charge in [0, 0.05) is 24.5 Å². The van der Waals surface area contributed by atoms with E-state index in [4.69, 9.17) is 9.47 Å². The van der Waals surface area contributed by atoms with Crippen LogP contribution >= 0.6 is 0 Å². The van der Waals surface area contributed by atoms with Gasteiger partial charge >= 0.3 is 0 Å². The lowest BCUT2D eigenvalue weighted by molar-refractivity contribution is -0.117. The second kappa shape index (κ2) is 9.97. The summed E-state index contributed by atoms with van der Waals surface area (Å²) >= 11 is 0. The average Bonchev–Trinajstić information content (AvgIpc) is 3.22. The summed E-state index contributed by atoms with van der Waals surface area (Å²) in [6, 6.07) is 5.96. The fourth-order valence-electron chi connectivity index (χ4n) is 3.41. The van der Waals surface area contributed by atoms with Crippen molar-refractivity contribution in [2.45, 2.75) is 45.2 Å². The van der Waals surface area contributed by atoms with Crippen LogP contribution in [-0.4, -0.2) is 35.2 Å². The van der Waals surface area contributed by atoms with Gasteiger partial charge in [0.25, 0.3) is 0 Å². The molecule has 1 fully saturated rings.